The van der Waals surface area contributed by atoms with Crippen LogP contribution in [-0.4, -0.2) is 40.3 Å². The first-order valence-electron chi connectivity index (χ1n) is 6.07. The van der Waals surface area contributed by atoms with E-state index in [2.05, 4.69) is 10.1 Å². The molecule has 1 fully saturated rings. The maximum Gasteiger partial charge on any atom is 0.333 e. The van der Waals surface area contributed by atoms with Gasteiger partial charge in [0.1, 0.15) is 5.76 Å². The Hall–Kier alpha value is -1.01. The molecule has 1 aliphatic heterocycles. The Morgan fingerprint density at radius 1 is 1.61 bits per heavy atom. The van der Waals surface area contributed by atoms with Crippen LogP contribution in [0.15, 0.2) is 4.52 Å². The van der Waals surface area contributed by atoms with Gasteiger partial charge < -0.3 is 9.26 Å². The van der Waals surface area contributed by atoms with Gasteiger partial charge in [0.05, 0.1) is 12.3 Å². The summed E-state index contributed by atoms with van der Waals surface area (Å²) in [7, 11) is 0. The van der Waals surface area contributed by atoms with Crippen LogP contribution in [0, 0.1) is 13.8 Å². The van der Waals surface area contributed by atoms with E-state index >= 15 is 0 Å². The lowest BCUT2D eigenvalue weighted by Gasteiger charge is -2.21. The number of rotatable bonds is 4. The number of hydrogen-bond acceptors (Lipinski definition) is 6. The fourth-order valence-corrected chi connectivity index (χ4v) is 3.19. The highest BCUT2D eigenvalue weighted by Crippen LogP contribution is 2.28. The Kier molecular flexibility index (Phi) is 4.29. The van der Waals surface area contributed by atoms with Crippen molar-refractivity contribution in [2.24, 2.45) is 0 Å². The van der Waals surface area contributed by atoms with Gasteiger partial charge in [-0.3, -0.25) is 4.90 Å². The van der Waals surface area contributed by atoms with Crippen LogP contribution in [0.3, 0.4) is 0 Å². The molecule has 18 heavy (non-hydrogen) atoms. The van der Waals surface area contributed by atoms with Gasteiger partial charge in [-0.25, -0.2) is 4.79 Å². The predicted molar refractivity (Wildman–Crippen MR) is 69.3 cm³/mol. The van der Waals surface area contributed by atoms with Gasteiger partial charge in [0.2, 0.25) is 0 Å². The molecule has 100 valence electrons. The van der Waals surface area contributed by atoms with Crippen molar-refractivity contribution in [3.8, 4) is 0 Å². The summed E-state index contributed by atoms with van der Waals surface area (Å²) in [5.41, 5.74) is 1.97. The number of thioether (sulfide) groups is 1. The molecule has 2 rings (SSSR count). The molecule has 6 heteroatoms. The van der Waals surface area contributed by atoms with Crippen LogP contribution in [0.25, 0.3) is 0 Å². The number of carbonyl (C=O) groups is 1. The minimum absolute atomic E-state index is 0.147. The topological polar surface area (TPSA) is 55.6 Å². The summed E-state index contributed by atoms with van der Waals surface area (Å²) in [5.74, 6) is 1.63. The molecule has 1 aliphatic rings. The number of carbonyl (C=O) groups excluding carboxylic acids is 1. The second kappa shape index (κ2) is 5.75. The summed E-state index contributed by atoms with van der Waals surface area (Å²) in [6.07, 6.45) is 0. The largest absolute Gasteiger partial charge is 0.464 e. The van der Waals surface area contributed by atoms with E-state index in [9.17, 15) is 4.79 Å². The molecule has 1 unspecified atom stereocenters. The van der Waals surface area contributed by atoms with Gasteiger partial charge >= 0.3 is 5.97 Å². The van der Waals surface area contributed by atoms with E-state index < -0.39 is 0 Å². The summed E-state index contributed by atoms with van der Waals surface area (Å²) in [5, 5.41) is 3.74. The van der Waals surface area contributed by atoms with E-state index in [4.69, 9.17) is 9.26 Å². The Morgan fingerprint density at radius 2 is 2.39 bits per heavy atom. The van der Waals surface area contributed by atoms with Crippen LogP contribution in [-0.2, 0) is 16.1 Å². The normalized spacial score (nSPS) is 20.3. The summed E-state index contributed by atoms with van der Waals surface area (Å²) < 4.78 is 10.2. The fraction of sp³-hybridized carbons (Fsp3) is 0.667. The molecular weight excluding hydrogens is 252 g/mol. The van der Waals surface area contributed by atoms with Crippen molar-refractivity contribution in [3.63, 3.8) is 0 Å². The minimum atomic E-state index is -0.196. The first kappa shape index (κ1) is 13.4. The van der Waals surface area contributed by atoms with Crippen LogP contribution in [0.2, 0.25) is 0 Å². The molecule has 0 spiro atoms. The molecule has 0 aliphatic carbocycles. The SMILES string of the molecule is CCOC(=O)C1SCCN1Cc1c(C)noc1C. The molecule has 0 amide bonds. The van der Waals surface area contributed by atoms with Gasteiger partial charge in [0.15, 0.2) is 5.37 Å². The van der Waals surface area contributed by atoms with Crippen molar-refractivity contribution >= 4 is 17.7 Å². The third kappa shape index (κ3) is 2.70. The smallest absolute Gasteiger partial charge is 0.333 e. The summed E-state index contributed by atoms with van der Waals surface area (Å²) in [6.45, 7) is 7.66. The lowest BCUT2D eigenvalue weighted by Crippen LogP contribution is -2.35. The van der Waals surface area contributed by atoms with Gasteiger partial charge in [-0.2, -0.15) is 0 Å². The lowest BCUT2D eigenvalue weighted by atomic mass is 10.2. The molecule has 2 heterocycles. The van der Waals surface area contributed by atoms with Crippen LogP contribution in [0.5, 0.6) is 0 Å². The van der Waals surface area contributed by atoms with E-state index in [1.165, 1.54) is 0 Å². The number of nitrogens with zero attached hydrogens (tertiary/aromatic N) is 2. The molecule has 1 atom stereocenters. The van der Waals surface area contributed by atoms with E-state index in [0.717, 1.165) is 29.3 Å². The van der Waals surface area contributed by atoms with Crippen LogP contribution in [0.1, 0.15) is 23.9 Å². The number of ether oxygens (including phenoxy) is 1. The summed E-state index contributed by atoms with van der Waals surface area (Å²) in [6, 6.07) is 0. The highest BCUT2D eigenvalue weighted by Gasteiger charge is 2.33. The molecule has 1 saturated heterocycles. The second-order valence-corrected chi connectivity index (χ2v) is 5.44. The van der Waals surface area contributed by atoms with Crippen molar-refractivity contribution in [1.82, 2.24) is 10.1 Å². The highest BCUT2D eigenvalue weighted by molar-refractivity contribution is 8.00. The van der Waals surface area contributed by atoms with Gasteiger partial charge in [0, 0.05) is 24.4 Å². The third-order valence-corrected chi connectivity index (χ3v) is 4.24. The van der Waals surface area contributed by atoms with Crippen LogP contribution >= 0.6 is 11.8 Å². The molecule has 1 aromatic rings. The number of aryl methyl sites for hydroxylation is 2. The van der Waals surface area contributed by atoms with Crippen molar-refractivity contribution in [1.29, 1.82) is 0 Å². The van der Waals surface area contributed by atoms with E-state index in [0.29, 0.717) is 13.2 Å². The van der Waals surface area contributed by atoms with E-state index in [1.807, 2.05) is 20.8 Å². The van der Waals surface area contributed by atoms with Gasteiger partial charge in [-0.1, -0.05) is 5.16 Å². The highest BCUT2D eigenvalue weighted by atomic mass is 32.2. The molecule has 0 saturated carbocycles. The first-order chi connectivity index (χ1) is 8.63. The fourth-order valence-electron chi connectivity index (χ4n) is 2.03. The van der Waals surface area contributed by atoms with Crippen molar-refractivity contribution in [2.45, 2.75) is 32.7 Å². The molecule has 0 radical (unpaired) electrons. The van der Waals surface area contributed by atoms with Crippen molar-refractivity contribution < 1.29 is 14.1 Å². The third-order valence-electron chi connectivity index (χ3n) is 3.02. The maximum atomic E-state index is 11.8. The predicted octanol–water partition coefficient (Wildman–Crippen LogP) is 1.73. The number of esters is 1. The second-order valence-electron chi connectivity index (χ2n) is 4.25. The van der Waals surface area contributed by atoms with Gasteiger partial charge in [-0.15, -0.1) is 11.8 Å². The standard InChI is InChI=1S/C12H18N2O3S/c1-4-16-12(15)11-14(5-6-18-11)7-10-8(2)13-17-9(10)3/h11H,4-7H2,1-3H3. The van der Waals surface area contributed by atoms with Crippen LogP contribution in [0.4, 0.5) is 0 Å². The van der Waals surface area contributed by atoms with Gasteiger partial charge in [-0.05, 0) is 20.8 Å². The molecule has 0 bridgehead atoms. The average Bonchev–Trinajstić information content (AvgIpc) is 2.91. The van der Waals surface area contributed by atoms with Crippen molar-refractivity contribution in [2.75, 3.05) is 18.9 Å². The molecular formula is C12H18N2O3S. The zero-order valence-electron chi connectivity index (χ0n) is 10.9. The zero-order valence-corrected chi connectivity index (χ0v) is 11.7. The maximum absolute atomic E-state index is 11.8. The van der Waals surface area contributed by atoms with Crippen molar-refractivity contribution in [3.05, 3.63) is 17.0 Å². The molecule has 0 aromatic carbocycles. The average molecular weight is 270 g/mol. The Labute approximate surface area is 111 Å². The minimum Gasteiger partial charge on any atom is -0.464 e. The Balaban J connectivity index is 2.06. The van der Waals surface area contributed by atoms with E-state index in [-0.39, 0.29) is 11.3 Å². The quantitative estimate of drug-likeness (QED) is 0.777. The lowest BCUT2D eigenvalue weighted by molar-refractivity contribution is -0.145. The monoisotopic (exact) mass is 270 g/mol. The molecule has 5 nitrogen and oxygen atoms in total. The number of hydrogen-bond donors (Lipinski definition) is 0. The molecule has 1 aromatic heterocycles. The number of aromatic nitrogens is 1. The Morgan fingerprint density at radius 3 is 3.00 bits per heavy atom. The van der Waals surface area contributed by atoms with Crippen LogP contribution < -0.4 is 0 Å². The summed E-state index contributed by atoms with van der Waals surface area (Å²) in [4.78, 5) is 14.0. The Bertz CT molecular complexity index is 413. The summed E-state index contributed by atoms with van der Waals surface area (Å²) >= 11 is 1.63. The first-order valence-corrected chi connectivity index (χ1v) is 7.12. The van der Waals surface area contributed by atoms with E-state index in [1.54, 1.807) is 11.8 Å². The van der Waals surface area contributed by atoms with Gasteiger partial charge in [0.25, 0.3) is 0 Å². The molecule has 0 N–H and O–H groups in total. The zero-order chi connectivity index (χ0) is 13.1.